The van der Waals surface area contributed by atoms with Crippen molar-refractivity contribution < 1.29 is 0 Å². The summed E-state index contributed by atoms with van der Waals surface area (Å²) in [5.74, 6) is 0.783. The topological polar surface area (TPSA) is 29.3 Å². The number of hydrogen-bond acceptors (Lipinski definition) is 2. The molecule has 2 nitrogen and oxygen atoms in total. The van der Waals surface area contributed by atoms with Crippen molar-refractivity contribution in [3.8, 4) is 0 Å². The molecule has 2 rings (SSSR count). The lowest BCUT2D eigenvalue weighted by molar-refractivity contribution is 0.458. The van der Waals surface area contributed by atoms with Gasteiger partial charge in [0.25, 0.3) is 0 Å². The first kappa shape index (κ1) is 12.4. The van der Waals surface area contributed by atoms with Crippen molar-refractivity contribution in [2.45, 2.75) is 39.2 Å². The second-order valence-corrected chi connectivity index (χ2v) is 5.34. The average Bonchev–Trinajstić information content (AvgIpc) is 2.77. The van der Waals surface area contributed by atoms with Crippen LogP contribution < -0.4 is 10.6 Å². The summed E-state index contributed by atoms with van der Waals surface area (Å²) < 4.78 is 0. The van der Waals surface area contributed by atoms with Crippen molar-refractivity contribution in [2.24, 2.45) is 11.7 Å². The largest absolute Gasteiger partial charge is 0.371 e. The first-order chi connectivity index (χ1) is 8.19. The number of nitrogens with two attached hydrogens (primary N) is 1. The van der Waals surface area contributed by atoms with Gasteiger partial charge in [0.15, 0.2) is 0 Å². The number of rotatable bonds is 4. The van der Waals surface area contributed by atoms with Crippen LogP contribution in [0.15, 0.2) is 24.3 Å². The van der Waals surface area contributed by atoms with E-state index in [4.69, 9.17) is 5.73 Å². The molecule has 2 atom stereocenters. The second-order valence-electron chi connectivity index (χ2n) is 5.34. The lowest BCUT2D eigenvalue weighted by Crippen LogP contribution is -2.25. The van der Waals surface area contributed by atoms with Gasteiger partial charge in [-0.25, -0.2) is 0 Å². The van der Waals surface area contributed by atoms with Gasteiger partial charge in [0.2, 0.25) is 0 Å². The highest BCUT2D eigenvalue weighted by Crippen LogP contribution is 2.27. The summed E-state index contributed by atoms with van der Waals surface area (Å²) in [7, 11) is 0. The Hall–Kier alpha value is -1.02. The zero-order valence-corrected chi connectivity index (χ0v) is 11.0. The highest BCUT2D eigenvalue weighted by molar-refractivity contribution is 5.49. The molecule has 0 aromatic heterocycles. The third kappa shape index (κ3) is 3.22. The second kappa shape index (κ2) is 5.54. The molecule has 1 aliphatic heterocycles. The molecule has 17 heavy (non-hydrogen) atoms. The molecule has 1 aromatic rings. The summed E-state index contributed by atoms with van der Waals surface area (Å²) in [5, 5.41) is 0. The number of hydrogen-bond donors (Lipinski definition) is 1. The van der Waals surface area contributed by atoms with E-state index < -0.39 is 0 Å². The van der Waals surface area contributed by atoms with Gasteiger partial charge in [-0.15, -0.1) is 0 Å². The SMILES string of the molecule is CCC(N)CC1CCN(c2cccc(C)c2)C1. The van der Waals surface area contributed by atoms with Crippen LogP contribution in [0.4, 0.5) is 5.69 Å². The van der Waals surface area contributed by atoms with E-state index in [1.54, 1.807) is 0 Å². The quantitative estimate of drug-likeness (QED) is 0.865. The summed E-state index contributed by atoms with van der Waals surface area (Å²) in [4.78, 5) is 2.50. The van der Waals surface area contributed by atoms with Gasteiger partial charge < -0.3 is 10.6 Å². The third-order valence-corrected chi connectivity index (χ3v) is 3.81. The van der Waals surface area contributed by atoms with Gasteiger partial charge in [-0.05, 0) is 49.8 Å². The van der Waals surface area contributed by atoms with Crippen molar-refractivity contribution in [3.63, 3.8) is 0 Å². The van der Waals surface area contributed by atoms with Gasteiger partial charge in [0, 0.05) is 24.8 Å². The fourth-order valence-electron chi connectivity index (χ4n) is 2.68. The van der Waals surface area contributed by atoms with Crippen molar-refractivity contribution >= 4 is 5.69 Å². The Labute approximate surface area is 105 Å². The predicted octanol–water partition coefficient (Wildman–Crippen LogP) is 2.95. The van der Waals surface area contributed by atoms with E-state index in [2.05, 4.69) is 43.0 Å². The fourth-order valence-corrected chi connectivity index (χ4v) is 2.68. The molecule has 0 aliphatic carbocycles. The molecule has 1 fully saturated rings. The Bertz CT molecular complexity index is 362. The van der Waals surface area contributed by atoms with Crippen LogP contribution in [-0.2, 0) is 0 Å². The zero-order valence-electron chi connectivity index (χ0n) is 11.0. The Morgan fingerprint density at radius 2 is 2.29 bits per heavy atom. The molecule has 1 saturated heterocycles. The summed E-state index contributed by atoms with van der Waals surface area (Å²) in [6.45, 7) is 6.70. The molecule has 1 aliphatic rings. The van der Waals surface area contributed by atoms with Crippen LogP contribution in [0.5, 0.6) is 0 Å². The molecule has 2 unspecified atom stereocenters. The van der Waals surface area contributed by atoms with Crippen LogP contribution in [0.3, 0.4) is 0 Å². The molecule has 1 aromatic carbocycles. The maximum Gasteiger partial charge on any atom is 0.0368 e. The van der Waals surface area contributed by atoms with Gasteiger partial charge in [-0.3, -0.25) is 0 Å². The van der Waals surface area contributed by atoms with Crippen molar-refractivity contribution in [2.75, 3.05) is 18.0 Å². The molecular weight excluding hydrogens is 208 g/mol. The van der Waals surface area contributed by atoms with Crippen molar-refractivity contribution in [3.05, 3.63) is 29.8 Å². The Morgan fingerprint density at radius 1 is 1.47 bits per heavy atom. The van der Waals surface area contributed by atoms with Crippen LogP contribution >= 0.6 is 0 Å². The Kier molecular flexibility index (Phi) is 4.06. The third-order valence-electron chi connectivity index (χ3n) is 3.81. The van der Waals surface area contributed by atoms with Crippen LogP contribution in [0, 0.1) is 12.8 Å². The molecule has 1 heterocycles. The highest BCUT2D eigenvalue weighted by Gasteiger charge is 2.23. The lowest BCUT2D eigenvalue weighted by atomic mass is 9.98. The van der Waals surface area contributed by atoms with E-state index >= 15 is 0 Å². The van der Waals surface area contributed by atoms with E-state index in [1.807, 2.05) is 0 Å². The smallest absolute Gasteiger partial charge is 0.0368 e. The van der Waals surface area contributed by atoms with E-state index in [9.17, 15) is 0 Å². The number of benzene rings is 1. The lowest BCUT2D eigenvalue weighted by Gasteiger charge is -2.20. The predicted molar refractivity (Wildman–Crippen MR) is 74.4 cm³/mol. The molecule has 0 bridgehead atoms. The first-order valence-corrected chi connectivity index (χ1v) is 6.76. The molecule has 0 radical (unpaired) electrons. The van der Waals surface area contributed by atoms with E-state index in [-0.39, 0.29) is 0 Å². The van der Waals surface area contributed by atoms with Crippen molar-refractivity contribution in [1.82, 2.24) is 0 Å². The molecule has 2 heteroatoms. The molecule has 94 valence electrons. The molecule has 0 amide bonds. The zero-order chi connectivity index (χ0) is 12.3. The summed E-state index contributed by atoms with van der Waals surface area (Å²) in [6.07, 6.45) is 3.57. The Balaban J connectivity index is 1.93. The van der Waals surface area contributed by atoms with E-state index in [0.29, 0.717) is 6.04 Å². The standard InChI is InChI=1S/C15H24N2/c1-3-14(16)10-13-7-8-17(11-13)15-6-4-5-12(2)9-15/h4-6,9,13-14H,3,7-8,10-11,16H2,1-2H3. The van der Waals surface area contributed by atoms with Crippen molar-refractivity contribution in [1.29, 1.82) is 0 Å². The minimum Gasteiger partial charge on any atom is -0.371 e. The molecule has 0 spiro atoms. The fraction of sp³-hybridized carbons (Fsp3) is 0.600. The maximum absolute atomic E-state index is 6.04. The van der Waals surface area contributed by atoms with Gasteiger partial charge in [-0.1, -0.05) is 19.1 Å². The minimum atomic E-state index is 0.387. The Morgan fingerprint density at radius 3 is 3.00 bits per heavy atom. The van der Waals surface area contributed by atoms with Crippen LogP contribution in [0.1, 0.15) is 31.7 Å². The molecule has 0 saturated carbocycles. The maximum atomic E-state index is 6.04. The van der Waals surface area contributed by atoms with Gasteiger partial charge >= 0.3 is 0 Å². The molecular formula is C15H24N2. The van der Waals surface area contributed by atoms with Gasteiger partial charge in [-0.2, -0.15) is 0 Å². The van der Waals surface area contributed by atoms with Crippen LogP contribution in [-0.4, -0.2) is 19.1 Å². The van der Waals surface area contributed by atoms with Gasteiger partial charge in [0.1, 0.15) is 0 Å². The first-order valence-electron chi connectivity index (χ1n) is 6.76. The summed E-state index contributed by atoms with van der Waals surface area (Å²) in [5.41, 5.74) is 8.76. The minimum absolute atomic E-state index is 0.387. The van der Waals surface area contributed by atoms with Crippen LogP contribution in [0.2, 0.25) is 0 Å². The average molecular weight is 232 g/mol. The van der Waals surface area contributed by atoms with E-state index in [1.165, 1.54) is 37.2 Å². The molecule has 2 N–H and O–H groups in total. The number of anilines is 1. The number of aryl methyl sites for hydroxylation is 1. The highest BCUT2D eigenvalue weighted by atomic mass is 15.1. The summed E-state index contributed by atoms with van der Waals surface area (Å²) >= 11 is 0. The van der Waals surface area contributed by atoms with Crippen LogP contribution in [0.25, 0.3) is 0 Å². The normalized spacial score (nSPS) is 21.8. The van der Waals surface area contributed by atoms with Gasteiger partial charge in [0.05, 0.1) is 0 Å². The summed E-state index contributed by atoms with van der Waals surface area (Å²) in [6, 6.07) is 9.19. The van der Waals surface area contributed by atoms with E-state index in [0.717, 1.165) is 12.3 Å². The number of nitrogens with zero attached hydrogens (tertiary/aromatic N) is 1. The monoisotopic (exact) mass is 232 g/mol.